The van der Waals surface area contributed by atoms with Crippen molar-refractivity contribution in [1.29, 1.82) is 0 Å². The van der Waals surface area contributed by atoms with E-state index in [1.165, 1.54) is 0 Å². The van der Waals surface area contributed by atoms with E-state index in [9.17, 15) is 14.7 Å². The molecule has 1 unspecified atom stereocenters. The van der Waals surface area contributed by atoms with Crippen LogP contribution in [0.25, 0.3) is 10.9 Å². The molecule has 1 heterocycles. The van der Waals surface area contributed by atoms with Gasteiger partial charge >= 0.3 is 11.8 Å². The van der Waals surface area contributed by atoms with E-state index in [2.05, 4.69) is 10.6 Å². The number of carbonyl (C=O) groups is 2. The summed E-state index contributed by atoms with van der Waals surface area (Å²) in [4.78, 5) is 23.2. The Morgan fingerprint density at radius 2 is 1.78 bits per heavy atom. The topological polar surface area (TPSA) is 83.4 Å². The van der Waals surface area contributed by atoms with Gasteiger partial charge in [0.2, 0.25) is 0 Å². The smallest absolute Gasteiger partial charge is 0.309 e. The molecule has 0 radical (unpaired) electrons. The molecule has 1 atom stereocenters. The van der Waals surface area contributed by atoms with Gasteiger partial charge in [-0.1, -0.05) is 19.9 Å². The molecular weight excluding hydrogens is 294 g/mol. The van der Waals surface area contributed by atoms with Gasteiger partial charge in [-0.05, 0) is 35.1 Å². The number of rotatable bonds is 5. The Bertz CT molecular complexity index is 706. The summed E-state index contributed by atoms with van der Waals surface area (Å²) in [6.07, 6.45) is 1.09. The first-order valence-corrected chi connectivity index (χ1v) is 7.67. The Balaban J connectivity index is 1.91. The van der Waals surface area contributed by atoms with Gasteiger partial charge in [0.1, 0.15) is 0 Å². The molecule has 0 saturated carbocycles. The Labute approximate surface area is 135 Å². The highest BCUT2D eigenvalue weighted by molar-refractivity contribution is 6.35. The van der Waals surface area contributed by atoms with Crippen molar-refractivity contribution in [2.75, 3.05) is 13.1 Å². The zero-order valence-corrected chi connectivity index (χ0v) is 13.7. The lowest BCUT2D eigenvalue weighted by molar-refractivity contribution is -0.139. The van der Waals surface area contributed by atoms with Crippen molar-refractivity contribution >= 4 is 22.7 Å². The number of aryl methyl sites for hydroxylation is 1. The van der Waals surface area contributed by atoms with Crippen molar-refractivity contribution < 1.29 is 14.7 Å². The zero-order chi connectivity index (χ0) is 17.0. The van der Waals surface area contributed by atoms with Crippen LogP contribution < -0.4 is 10.6 Å². The van der Waals surface area contributed by atoms with E-state index in [-0.39, 0.29) is 12.5 Å². The molecule has 2 rings (SSSR count). The summed E-state index contributed by atoms with van der Waals surface area (Å²) in [7, 11) is 1.95. The van der Waals surface area contributed by atoms with Crippen molar-refractivity contribution in [3.63, 3.8) is 0 Å². The van der Waals surface area contributed by atoms with Crippen LogP contribution in [-0.2, 0) is 16.6 Å². The number of aliphatic hydroxyl groups excluding tert-OH is 1. The predicted octanol–water partition coefficient (Wildman–Crippen LogP) is 1.10. The van der Waals surface area contributed by atoms with Crippen molar-refractivity contribution in [1.82, 2.24) is 15.2 Å². The molecule has 6 heteroatoms. The van der Waals surface area contributed by atoms with E-state index >= 15 is 0 Å². The molecule has 0 bridgehead atoms. The van der Waals surface area contributed by atoms with E-state index in [0.717, 1.165) is 10.9 Å². The molecule has 0 spiro atoms. The quantitative estimate of drug-likeness (QED) is 0.722. The van der Waals surface area contributed by atoms with Gasteiger partial charge in [-0.2, -0.15) is 0 Å². The lowest BCUT2D eigenvalue weighted by Crippen LogP contribution is -2.42. The lowest BCUT2D eigenvalue weighted by atomic mass is 10.1. The van der Waals surface area contributed by atoms with E-state index in [1.807, 2.05) is 55.9 Å². The molecule has 2 aromatic rings. The fourth-order valence-corrected chi connectivity index (χ4v) is 2.27. The van der Waals surface area contributed by atoms with Crippen LogP contribution >= 0.6 is 0 Å². The van der Waals surface area contributed by atoms with E-state index in [0.29, 0.717) is 12.1 Å². The van der Waals surface area contributed by atoms with Gasteiger partial charge in [0.15, 0.2) is 0 Å². The Hall–Kier alpha value is -2.34. The molecule has 1 aromatic heterocycles. The van der Waals surface area contributed by atoms with Crippen LogP contribution in [0.15, 0.2) is 30.5 Å². The van der Waals surface area contributed by atoms with Gasteiger partial charge in [0, 0.05) is 31.9 Å². The number of amides is 2. The highest BCUT2D eigenvalue weighted by Gasteiger charge is 2.16. The number of carbonyl (C=O) groups excluding carboxylic acids is 2. The third kappa shape index (κ3) is 4.32. The maximum absolute atomic E-state index is 11.7. The average molecular weight is 317 g/mol. The first-order chi connectivity index (χ1) is 10.9. The largest absolute Gasteiger partial charge is 0.387 e. The van der Waals surface area contributed by atoms with Crippen molar-refractivity contribution in [3.05, 3.63) is 36.0 Å². The first-order valence-electron chi connectivity index (χ1n) is 7.67. The van der Waals surface area contributed by atoms with Crippen LogP contribution in [0, 0.1) is 5.92 Å². The minimum atomic E-state index is -0.860. The predicted molar refractivity (Wildman–Crippen MR) is 88.7 cm³/mol. The monoisotopic (exact) mass is 317 g/mol. The maximum atomic E-state index is 11.7. The van der Waals surface area contributed by atoms with E-state index in [4.69, 9.17) is 0 Å². The number of nitrogens with zero attached hydrogens (tertiary/aromatic N) is 1. The number of hydrogen-bond acceptors (Lipinski definition) is 3. The number of aliphatic hydroxyl groups is 1. The maximum Gasteiger partial charge on any atom is 0.309 e. The number of fused-ring (bicyclic) bond motifs is 1. The highest BCUT2D eigenvalue weighted by Crippen LogP contribution is 2.20. The minimum Gasteiger partial charge on any atom is -0.387 e. The molecule has 124 valence electrons. The zero-order valence-electron chi connectivity index (χ0n) is 13.7. The number of hydrogen-bond donors (Lipinski definition) is 3. The van der Waals surface area contributed by atoms with Crippen LogP contribution in [0.2, 0.25) is 0 Å². The average Bonchev–Trinajstić information content (AvgIpc) is 2.90. The second kappa shape index (κ2) is 7.28. The van der Waals surface area contributed by atoms with E-state index < -0.39 is 17.9 Å². The molecule has 0 aliphatic rings. The van der Waals surface area contributed by atoms with Gasteiger partial charge < -0.3 is 20.3 Å². The van der Waals surface area contributed by atoms with E-state index in [1.54, 1.807) is 0 Å². The van der Waals surface area contributed by atoms with Crippen molar-refractivity contribution in [2.45, 2.75) is 20.0 Å². The summed E-state index contributed by atoms with van der Waals surface area (Å²) >= 11 is 0. The third-order valence-corrected chi connectivity index (χ3v) is 3.63. The van der Waals surface area contributed by atoms with Gasteiger partial charge in [0.05, 0.1) is 6.10 Å². The molecule has 0 aliphatic heterocycles. The molecular formula is C17H23N3O3. The summed E-state index contributed by atoms with van der Waals surface area (Å²) in [5.74, 6) is -1.13. The summed E-state index contributed by atoms with van der Waals surface area (Å²) in [5.41, 5.74) is 1.77. The summed E-state index contributed by atoms with van der Waals surface area (Å²) in [5, 5.41) is 16.2. The molecule has 23 heavy (non-hydrogen) atoms. The Morgan fingerprint density at radius 3 is 2.43 bits per heavy atom. The lowest BCUT2D eigenvalue weighted by Gasteiger charge is -2.13. The number of nitrogens with one attached hydrogen (secondary N) is 2. The second-order valence-electron chi connectivity index (χ2n) is 6.07. The van der Waals surface area contributed by atoms with Gasteiger partial charge in [-0.15, -0.1) is 0 Å². The molecule has 0 saturated heterocycles. The summed E-state index contributed by atoms with van der Waals surface area (Å²) in [6.45, 7) is 4.33. The minimum absolute atomic E-state index is 0.00767. The van der Waals surface area contributed by atoms with Gasteiger partial charge in [0.25, 0.3) is 0 Å². The van der Waals surface area contributed by atoms with Crippen molar-refractivity contribution in [2.24, 2.45) is 13.0 Å². The highest BCUT2D eigenvalue weighted by atomic mass is 16.3. The molecule has 1 aromatic carbocycles. The third-order valence-electron chi connectivity index (χ3n) is 3.63. The SMILES string of the molecule is CC(C)CNC(=O)C(=O)NCC(O)c1ccc2c(ccn2C)c1. The standard InChI is InChI=1S/C17H23N3O3/c1-11(2)9-18-16(22)17(23)19-10-15(21)13-4-5-14-12(8-13)6-7-20(14)3/h4-8,11,15,21H,9-10H2,1-3H3,(H,18,22)(H,19,23). The second-order valence-corrected chi connectivity index (χ2v) is 6.07. The van der Waals surface area contributed by atoms with Crippen LogP contribution in [0.3, 0.4) is 0 Å². The normalized spacial score (nSPS) is 12.4. The Kier molecular flexibility index (Phi) is 5.39. The number of benzene rings is 1. The van der Waals surface area contributed by atoms with Crippen LogP contribution in [-0.4, -0.2) is 34.6 Å². The summed E-state index contributed by atoms with van der Waals surface area (Å²) < 4.78 is 1.99. The number of aromatic nitrogens is 1. The molecule has 3 N–H and O–H groups in total. The molecule has 6 nitrogen and oxygen atoms in total. The fraction of sp³-hybridized carbons (Fsp3) is 0.412. The van der Waals surface area contributed by atoms with Gasteiger partial charge in [-0.25, -0.2) is 0 Å². The summed E-state index contributed by atoms with van der Waals surface area (Å²) in [6, 6.07) is 7.58. The van der Waals surface area contributed by atoms with Crippen LogP contribution in [0.4, 0.5) is 0 Å². The molecule has 2 amide bonds. The molecule has 0 fully saturated rings. The first kappa shape index (κ1) is 17.0. The van der Waals surface area contributed by atoms with Gasteiger partial charge in [-0.3, -0.25) is 9.59 Å². The van der Waals surface area contributed by atoms with Crippen LogP contribution in [0.5, 0.6) is 0 Å². The van der Waals surface area contributed by atoms with Crippen molar-refractivity contribution in [3.8, 4) is 0 Å². The molecule has 0 aliphatic carbocycles. The Morgan fingerprint density at radius 1 is 1.13 bits per heavy atom. The van der Waals surface area contributed by atoms with Crippen LogP contribution in [0.1, 0.15) is 25.5 Å². The fourth-order valence-electron chi connectivity index (χ4n) is 2.27.